The quantitative estimate of drug-likeness (QED) is 0.167. The van der Waals surface area contributed by atoms with Crippen molar-refractivity contribution in [2.24, 2.45) is 0 Å². The molecule has 0 saturated carbocycles. The summed E-state index contributed by atoms with van der Waals surface area (Å²) in [5.41, 5.74) is 1.90. The molecule has 0 saturated heterocycles. The zero-order valence-corrected chi connectivity index (χ0v) is 29.2. The summed E-state index contributed by atoms with van der Waals surface area (Å²) in [4.78, 5) is 18.0. The van der Waals surface area contributed by atoms with Crippen molar-refractivity contribution in [1.82, 2.24) is 19.9 Å². The molecule has 6 aromatic heterocycles. The number of thiophene rings is 2. The molecular formula is C34H10F6N4S6. The first-order chi connectivity index (χ1) is 24.2. The maximum atomic E-state index is 15.3. The third-order valence-corrected chi connectivity index (χ3v) is 14.9. The van der Waals surface area contributed by atoms with Gasteiger partial charge in [0.2, 0.25) is 0 Å². The molecule has 10 rings (SSSR count). The van der Waals surface area contributed by atoms with E-state index in [-0.39, 0.29) is 29.5 Å². The van der Waals surface area contributed by atoms with Crippen molar-refractivity contribution >= 4 is 120 Å². The predicted molar refractivity (Wildman–Crippen MR) is 194 cm³/mol. The van der Waals surface area contributed by atoms with Gasteiger partial charge in [-0.25, -0.2) is 46.3 Å². The lowest BCUT2D eigenvalue weighted by Gasteiger charge is -1.97. The summed E-state index contributed by atoms with van der Waals surface area (Å²) < 4.78 is 91.2. The summed E-state index contributed by atoms with van der Waals surface area (Å²) in [5.74, 6) is -5.02. The van der Waals surface area contributed by atoms with Crippen LogP contribution >= 0.6 is 68.0 Å². The highest BCUT2D eigenvalue weighted by molar-refractivity contribution is 7.30. The molecule has 0 N–H and O–H groups in total. The molecule has 0 radical (unpaired) electrons. The molecule has 0 bridgehead atoms. The summed E-state index contributed by atoms with van der Waals surface area (Å²) in [6, 6.07) is 15.7. The molecule has 50 heavy (non-hydrogen) atoms. The van der Waals surface area contributed by atoms with Gasteiger partial charge in [0.05, 0.1) is 40.9 Å². The Kier molecular flexibility index (Phi) is 6.76. The molecule has 4 aromatic carbocycles. The SMILES string of the molecule is Fc1ccc2sc(-c3sc(-c4nc5cc6cc7sc(-c8sc(-c9nc%10cc(F)ccc%10s9)c(F)c8F)nc7cc6cc5s4)c(F)c3F)nc2c1. The van der Waals surface area contributed by atoms with Crippen LogP contribution in [0.2, 0.25) is 0 Å². The highest BCUT2D eigenvalue weighted by atomic mass is 32.1. The maximum Gasteiger partial charge on any atom is 0.180 e. The van der Waals surface area contributed by atoms with Crippen molar-refractivity contribution in [3.63, 3.8) is 0 Å². The molecule has 0 atom stereocenters. The second-order valence-electron chi connectivity index (χ2n) is 11.1. The molecule has 6 heterocycles. The van der Waals surface area contributed by atoms with Gasteiger partial charge in [0.1, 0.15) is 51.2 Å². The average Bonchev–Trinajstić information content (AvgIpc) is 3.94. The van der Waals surface area contributed by atoms with E-state index in [1.54, 1.807) is 12.1 Å². The number of rotatable bonds is 4. The van der Waals surface area contributed by atoms with Crippen LogP contribution in [0.15, 0.2) is 60.7 Å². The fourth-order valence-electron chi connectivity index (χ4n) is 5.62. The van der Waals surface area contributed by atoms with Crippen molar-refractivity contribution in [3.05, 3.63) is 95.6 Å². The van der Waals surface area contributed by atoms with E-state index < -0.39 is 34.9 Å². The van der Waals surface area contributed by atoms with Crippen molar-refractivity contribution in [2.45, 2.75) is 0 Å². The molecule has 16 heteroatoms. The Labute approximate surface area is 299 Å². The van der Waals surface area contributed by atoms with E-state index in [4.69, 9.17) is 0 Å². The highest BCUT2D eigenvalue weighted by Crippen LogP contribution is 2.47. The maximum absolute atomic E-state index is 15.3. The number of hydrogen-bond acceptors (Lipinski definition) is 10. The first kappa shape index (κ1) is 30.5. The van der Waals surface area contributed by atoms with Crippen LogP contribution in [0.25, 0.3) is 91.2 Å². The number of thiazole rings is 4. The second kappa shape index (κ2) is 11.1. The molecule has 0 spiro atoms. The predicted octanol–water partition coefficient (Wildman–Crippen LogP) is 12.9. The van der Waals surface area contributed by atoms with Crippen molar-refractivity contribution in [2.75, 3.05) is 0 Å². The largest absolute Gasteiger partial charge is 0.235 e. The standard InChI is InChI=1S/C34H10F6N4S6/c35-13-1-3-19-17(9-13)43-31(45-19)27-23(37)25(39)29(49-27)33-41-15-5-11-8-22-16(6-12(11)7-21(15)47-33)42-34(48-22)30-26(40)24(38)28(50-30)32-44-18-10-14(36)2-4-20(18)46-32/h1-10H. The third-order valence-electron chi connectivity index (χ3n) is 7.92. The topological polar surface area (TPSA) is 51.6 Å². The van der Waals surface area contributed by atoms with Gasteiger partial charge in [0.25, 0.3) is 0 Å². The average molecular weight is 781 g/mol. The summed E-state index contributed by atoms with van der Waals surface area (Å²) >= 11 is 6.54. The van der Waals surface area contributed by atoms with E-state index >= 15 is 17.6 Å². The molecule has 10 aromatic rings. The van der Waals surface area contributed by atoms with Gasteiger partial charge in [-0.1, -0.05) is 0 Å². The number of aromatic nitrogens is 4. The lowest BCUT2D eigenvalue weighted by molar-refractivity contribution is 0.520. The van der Waals surface area contributed by atoms with Gasteiger partial charge in [-0.15, -0.1) is 68.0 Å². The van der Waals surface area contributed by atoms with Gasteiger partial charge in [-0.3, -0.25) is 0 Å². The Morgan fingerprint density at radius 3 is 1.02 bits per heavy atom. The van der Waals surface area contributed by atoms with Gasteiger partial charge >= 0.3 is 0 Å². The van der Waals surface area contributed by atoms with Crippen LogP contribution in [0, 0.1) is 34.9 Å². The zero-order valence-electron chi connectivity index (χ0n) is 24.3. The Hall–Kier alpha value is -4.32. The Bertz CT molecular complexity index is 2770. The minimum Gasteiger partial charge on any atom is -0.235 e. The first-order valence-electron chi connectivity index (χ1n) is 14.4. The fraction of sp³-hybridized carbons (Fsp3) is 0. The molecule has 0 amide bonds. The lowest BCUT2D eigenvalue weighted by atomic mass is 10.1. The van der Waals surface area contributed by atoms with Crippen molar-refractivity contribution in [1.29, 1.82) is 0 Å². The fourth-order valence-corrected chi connectivity index (χ4v) is 11.9. The third kappa shape index (κ3) is 4.73. The van der Waals surface area contributed by atoms with Gasteiger partial charge in [0.15, 0.2) is 23.3 Å². The van der Waals surface area contributed by atoms with Crippen LogP contribution in [0.1, 0.15) is 0 Å². The van der Waals surface area contributed by atoms with Gasteiger partial charge in [-0.05, 0) is 59.3 Å². The highest BCUT2D eigenvalue weighted by Gasteiger charge is 2.27. The summed E-state index contributed by atoms with van der Waals surface area (Å²) in [7, 11) is 0. The van der Waals surface area contributed by atoms with E-state index in [2.05, 4.69) is 19.9 Å². The van der Waals surface area contributed by atoms with Crippen LogP contribution in [-0.2, 0) is 0 Å². The molecule has 0 unspecified atom stereocenters. The normalized spacial score (nSPS) is 12.2. The minimum atomic E-state index is -1.03. The molecule has 4 nitrogen and oxygen atoms in total. The van der Waals surface area contributed by atoms with E-state index in [0.717, 1.165) is 65.5 Å². The Morgan fingerprint density at radius 2 is 0.660 bits per heavy atom. The van der Waals surface area contributed by atoms with Gasteiger partial charge < -0.3 is 0 Å². The summed E-state index contributed by atoms with van der Waals surface area (Å²) in [5, 5.41) is 2.73. The van der Waals surface area contributed by atoms with Crippen LogP contribution < -0.4 is 0 Å². The Balaban J connectivity index is 1.01. The van der Waals surface area contributed by atoms with Crippen LogP contribution in [0.3, 0.4) is 0 Å². The minimum absolute atomic E-state index is 0.0234. The van der Waals surface area contributed by atoms with Gasteiger partial charge in [0, 0.05) is 12.1 Å². The molecule has 0 aliphatic heterocycles. The van der Waals surface area contributed by atoms with Crippen LogP contribution in [0.4, 0.5) is 26.3 Å². The Morgan fingerprint density at radius 1 is 0.340 bits per heavy atom. The number of halogens is 6. The summed E-state index contributed by atoms with van der Waals surface area (Å²) in [6.45, 7) is 0. The van der Waals surface area contributed by atoms with E-state index in [1.165, 1.54) is 46.9 Å². The van der Waals surface area contributed by atoms with Gasteiger partial charge in [-0.2, -0.15) is 0 Å². The number of fused-ring (bicyclic) bond motifs is 5. The monoisotopic (exact) mass is 780 g/mol. The molecular weight excluding hydrogens is 771 g/mol. The molecule has 0 fully saturated rings. The van der Waals surface area contributed by atoms with E-state index in [9.17, 15) is 8.78 Å². The molecule has 0 aliphatic rings. The van der Waals surface area contributed by atoms with Crippen molar-refractivity contribution < 1.29 is 26.3 Å². The van der Waals surface area contributed by atoms with Crippen LogP contribution in [0.5, 0.6) is 0 Å². The molecule has 0 aliphatic carbocycles. The summed E-state index contributed by atoms with van der Waals surface area (Å²) in [6.07, 6.45) is 0. The second-order valence-corrected chi connectivity index (χ2v) is 17.2. The number of hydrogen-bond donors (Lipinski definition) is 0. The molecule has 244 valence electrons. The number of benzene rings is 4. The van der Waals surface area contributed by atoms with Crippen molar-refractivity contribution in [3.8, 4) is 39.5 Å². The zero-order chi connectivity index (χ0) is 34.0. The lowest BCUT2D eigenvalue weighted by Crippen LogP contribution is -1.81. The van der Waals surface area contributed by atoms with E-state index in [1.807, 2.05) is 24.3 Å². The smallest absolute Gasteiger partial charge is 0.180 e. The van der Waals surface area contributed by atoms with E-state index in [0.29, 0.717) is 41.5 Å². The number of nitrogens with zero attached hydrogens (tertiary/aromatic N) is 4. The van der Waals surface area contributed by atoms with Crippen LogP contribution in [-0.4, -0.2) is 19.9 Å². The first-order valence-corrected chi connectivity index (χ1v) is 19.3.